The lowest BCUT2D eigenvalue weighted by atomic mass is 9.79. The molecule has 0 bridgehead atoms. The molecule has 3 fully saturated rings. The summed E-state index contributed by atoms with van der Waals surface area (Å²) in [5.41, 5.74) is 1.15. The molecule has 35 heavy (non-hydrogen) atoms. The second-order valence-corrected chi connectivity index (χ2v) is 11.1. The number of nitrogens with zero attached hydrogens (tertiary/aromatic N) is 4. The lowest BCUT2D eigenvalue weighted by Crippen LogP contribution is -2.63. The van der Waals surface area contributed by atoms with Crippen LogP contribution >= 0.6 is 11.8 Å². The first-order valence-electron chi connectivity index (χ1n) is 12.1. The Labute approximate surface area is 208 Å². The molecule has 4 aliphatic rings. The number of carbonyl (C=O) groups excluding carboxylic acids is 2. The number of amides is 2. The Balaban J connectivity index is 1.20. The van der Waals surface area contributed by atoms with Gasteiger partial charge in [-0.2, -0.15) is 0 Å². The molecule has 0 unspecified atom stereocenters. The van der Waals surface area contributed by atoms with Gasteiger partial charge in [0.1, 0.15) is 5.70 Å². The van der Waals surface area contributed by atoms with E-state index in [1.165, 1.54) is 16.7 Å². The molecule has 188 valence electrons. The summed E-state index contributed by atoms with van der Waals surface area (Å²) in [5, 5.41) is 23.2. The molecule has 0 radical (unpaired) electrons. The van der Waals surface area contributed by atoms with Crippen LogP contribution in [-0.2, 0) is 14.4 Å². The maximum absolute atomic E-state index is 13.2. The Hall–Kier alpha value is -2.63. The van der Waals surface area contributed by atoms with E-state index in [1.807, 2.05) is 24.0 Å². The number of carbonyl (C=O) groups is 3. The first-order chi connectivity index (χ1) is 16.8. The van der Waals surface area contributed by atoms with E-state index in [-0.39, 0.29) is 40.8 Å². The SMILES string of the molecule is C[C@@H](O)[C@H]1C(=O)N2C(C(=O)O)=C(S[C@@H]3CN[C@H](C(=O)N4CCN(c5ccncc5)CC4)C3)[C@H](C)[C@H]12. The number of aliphatic hydroxyl groups is 1. The third-order valence-electron chi connectivity index (χ3n) is 7.61. The normalized spacial score (nSPS) is 31.5. The van der Waals surface area contributed by atoms with Crippen LogP contribution in [0.25, 0.3) is 0 Å². The summed E-state index contributed by atoms with van der Waals surface area (Å²) in [5.74, 6) is -2.10. The Morgan fingerprint density at radius 3 is 2.51 bits per heavy atom. The van der Waals surface area contributed by atoms with E-state index in [0.717, 1.165) is 18.8 Å². The Bertz CT molecular complexity index is 1040. The van der Waals surface area contributed by atoms with Gasteiger partial charge in [0.05, 0.1) is 24.1 Å². The number of hydrogen-bond donors (Lipinski definition) is 3. The minimum Gasteiger partial charge on any atom is -0.477 e. The second-order valence-electron chi connectivity index (χ2n) is 9.73. The number of anilines is 1. The van der Waals surface area contributed by atoms with Gasteiger partial charge in [-0.1, -0.05) is 6.92 Å². The van der Waals surface area contributed by atoms with E-state index in [9.17, 15) is 24.6 Å². The van der Waals surface area contributed by atoms with Crippen molar-refractivity contribution in [2.45, 2.75) is 43.7 Å². The smallest absolute Gasteiger partial charge is 0.353 e. The summed E-state index contributed by atoms with van der Waals surface area (Å²) >= 11 is 1.46. The number of nitrogens with one attached hydrogen (secondary N) is 1. The van der Waals surface area contributed by atoms with Gasteiger partial charge < -0.3 is 30.2 Å². The molecule has 2 amide bonds. The largest absolute Gasteiger partial charge is 0.477 e. The minimum absolute atomic E-state index is 0.0349. The van der Waals surface area contributed by atoms with Crippen molar-refractivity contribution in [1.82, 2.24) is 20.1 Å². The lowest BCUT2D eigenvalue weighted by molar-refractivity contribution is -0.163. The third kappa shape index (κ3) is 4.19. The first kappa shape index (κ1) is 24.1. The maximum atomic E-state index is 13.2. The quantitative estimate of drug-likeness (QED) is 0.473. The third-order valence-corrected chi connectivity index (χ3v) is 9.12. The number of hydrogen-bond acceptors (Lipinski definition) is 8. The zero-order valence-electron chi connectivity index (χ0n) is 19.8. The van der Waals surface area contributed by atoms with Crippen molar-refractivity contribution in [3.63, 3.8) is 0 Å². The molecule has 3 N–H and O–H groups in total. The zero-order chi connectivity index (χ0) is 24.9. The monoisotopic (exact) mass is 501 g/mol. The van der Waals surface area contributed by atoms with Crippen molar-refractivity contribution in [3.05, 3.63) is 35.1 Å². The van der Waals surface area contributed by atoms with Crippen LogP contribution in [0.15, 0.2) is 35.1 Å². The Morgan fingerprint density at radius 2 is 1.89 bits per heavy atom. The number of piperazine rings is 1. The molecule has 1 aromatic heterocycles. The van der Waals surface area contributed by atoms with Gasteiger partial charge in [-0.25, -0.2) is 4.79 Å². The van der Waals surface area contributed by atoms with Gasteiger partial charge in [-0.05, 0) is 25.5 Å². The van der Waals surface area contributed by atoms with Gasteiger partial charge in [-0.15, -0.1) is 11.8 Å². The topological polar surface area (TPSA) is 126 Å². The summed E-state index contributed by atoms with van der Waals surface area (Å²) in [4.78, 5) is 48.0. The highest BCUT2D eigenvalue weighted by Gasteiger charge is 2.60. The van der Waals surface area contributed by atoms with Gasteiger partial charge in [0.25, 0.3) is 0 Å². The molecular formula is C24H31N5O5S. The average molecular weight is 502 g/mol. The number of aromatic nitrogens is 1. The van der Waals surface area contributed by atoms with Crippen LogP contribution in [0.2, 0.25) is 0 Å². The van der Waals surface area contributed by atoms with Gasteiger partial charge >= 0.3 is 5.97 Å². The molecule has 5 rings (SSSR count). The van der Waals surface area contributed by atoms with E-state index < -0.39 is 18.0 Å². The van der Waals surface area contributed by atoms with Crippen molar-refractivity contribution in [3.8, 4) is 0 Å². The molecule has 0 aromatic carbocycles. The Kier molecular flexibility index (Phi) is 6.49. The number of pyridine rings is 1. The number of carboxylic acids is 1. The molecule has 10 nitrogen and oxygen atoms in total. The van der Waals surface area contributed by atoms with Gasteiger partial charge in [0.2, 0.25) is 11.8 Å². The van der Waals surface area contributed by atoms with Gasteiger partial charge in [0.15, 0.2) is 0 Å². The van der Waals surface area contributed by atoms with Crippen molar-refractivity contribution >= 4 is 35.2 Å². The molecular weight excluding hydrogens is 470 g/mol. The summed E-state index contributed by atoms with van der Waals surface area (Å²) in [7, 11) is 0. The number of fused-ring (bicyclic) bond motifs is 1. The molecule has 4 aliphatic heterocycles. The molecule has 0 aliphatic carbocycles. The summed E-state index contributed by atoms with van der Waals surface area (Å²) < 4.78 is 0. The van der Waals surface area contributed by atoms with Crippen LogP contribution in [0.3, 0.4) is 0 Å². The molecule has 0 spiro atoms. The predicted octanol–water partition coefficient (Wildman–Crippen LogP) is 0.348. The van der Waals surface area contributed by atoms with Crippen LogP contribution in [0, 0.1) is 11.8 Å². The van der Waals surface area contributed by atoms with E-state index in [0.29, 0.717) is 31.0 Å². The average Bonchev–Trinajstić information content (AvgIpc) is 3.41. The molecule has 1 aromatic rings. The van der Waals surface area contributed by atoms with Crippen molar-refractivity contribution in [1.29, 1.82) is 0 Å². The molecule has 3 saturated heterocycles. The number of rotatable bonds is 6. The standard InChI is InChI=1S/C24H31N5O5S/c1-13-19-18(14(2)30)23(32)29(19)20(24(33)34)21(13)35-16-11-17(26-12-16)22(31)28-9-7-27(8-10-28)15-3-5-25-6-4-15/h3-6,13-14,16-19,26,30H,7-12H2,1-2H3,(H,33,34)/t13-,14-,16+,17+,18-,19-/m1/s1. The van der Waals surface area contributed by atoms with E-state index in [1.54, 1.807) is 19.3 Å². The fourth-order valence-electron chi connectivity index (χ4n) is 5.80. The van der Waals surface area contributed by atoms with Crippen molar-refractivity contribution in [2.24, 2.45) is 11.8 Å². The van der Waals surface area contributed by atoms with Crippen LogP contribution in [0.1, 0.15) is 20.3 Å². The summed E-state index contributed by atoms with van der Waals surface area (Å²) in [6.07, 6.45) is 3.33. The van der Waals surface area contributed by atoms with Crippen LogP contribution in [0.4, 0.5) is 5.69 Å². The van der Waals surface area contributed by atoms with Crippen LogP contribution in [0.5, 0.6) is 0 Å². The summed E-state index contributed by atoms with van der Waals surface area (Å²) in [6, 6.07) is 3.33. The Morgan fingerprint density at radius 1 is 1.20 bits per heavy atom. The lowest BCUT2D eigenvalue weighted by Gasteiger charge is -2.46. The molecule has 11 heteroatoms. The highest BCUT2D eigenvalue weighted by atomic mass is 32.2. The van der Waals surface area contributed by atoms with Crippen LogP contribution in [-0.4, -0.2) is 98.9 Å². The van der Waals surface area contributed by atoms with Crippen molar-refractivity contribution < 1.29 is 24.6 Å². The number of β-lactam (4-membered cyclic amide) rings is 1. The number of thioether (sulfide) groups is 1. The number of aliphatic carboxylic acids is 1. The second kappa shape index (κ2) is 9.44. The van der Waals surface area contributed by atoms with E-state index in [4.69, 9.17) is 0 Å². The molecule has 6 atom stereocenters. The highest BCUT2D eigenvalue weighted by molar-refractivity contribution is 8.03. The predicted molar refractivity (Wildman–Crippen MR) is 130 cm³/mol. The first-order valence-corrected chi connectivity index (χ1v) is 13.0. The van der Waals surface area contributed by atoms with Gasteiger partial charge in [-0.3, -0.25) is 14.6 Å². The van der Waals surface area contributed by atoms with E-state index >= 15 is 0 Å². The number of carboxylic acid groups (broad SMARTS) is 1. The fourth-order valence-corrected chi connectivity index (χ4v) is 7.28. The number of aliphatic hydroxyl groups excluding tert-OH is 1. The molecule has 5 heterocycles. The minimum atomic E-state index is -1.12. The zero-order valence-corrected chi connectivity index (χ0v) is 20.6. The van der Waals surface area contributed by atoms with E-state index in [2.05, 4.69) is 15.2 Å². The van der Waals surface area contributed by atoms with Crippen LogP contribution < -0.4 is 10.2 Å². The maximum Gasteiger partial charge on any atom is 0.353 e. The highest BCUT2D eigenvalue weighted by Crippen LogP contribution is 2.51. The summed E-state index contributed by atoms with van der Waals surface area (Å²) in [6.45, 7) is 6.94. The van der Waals surface area contributed by atoms with Crippen molar-refractivity contribution in [2.75, 3.05) is 37.6 Å². The molecule has 0 saturated carbocycles. The van der Waals surface area contributed by atoms with Gasteiger partial charge in [0, 0.05) is 66.9 Å². The fraction of sp³-hybridized carbons (Fsp3) is 0.583.